The molecular weight excluding hydrogens is 707 g/mol. The molecule has 0 aliphatic rings. The molecule has 0 amide bonds. The van der Waals surface area contributed by atoms with E-state index in [2.05, 4.69) is 91.3 Å². The number of rotatable bonds is 36. The average molecular weight is 779 g/mol. The number of hydrogen-bond acceptors (Lipinski definition) is 9. The molecule has 0 bridgehead atoms. The minimum atomic E-state index is -4.64. The molecule has 0 radical (unpaired) electrons. The van der Waals surface area contributed by atoms with Crippen molar-refractivity contribution in [2.75, 3.05) is 26.4 Å². The summed E-state index contributed by atoms with van der Waals surface area (Å²) in [5.41, 5.74) is 0. The molecule has 0 fully saturated rings. The Bertz CT molecular complexity index is 1170. The van der Waals surface area contributed by atoms with Crippen LogP contribution in [0.5, 0.6) is 0 Å². The predicted molar refractivity (Wildman–Crippen MR) is 219 cm³/mol. The minimum Gasteiger partial charge on any atom is -0.462 e. The molecule has 0 spiro atoms. The Balaban J connectivity index is 4.51. The van der Waals surface area contributed by atoms with Crippen LogP contribution in [0.4, 0.5) is 0 Å². The number of unbranched alkanes of at least 4 members (excludes halogenated alkanes) is 8. The van der Waals surface area contributed by atoms with Crippen LogP contribution in [-0.4, -0.2) is 65.7 Å². The van der Waals surface area contributed by atoms with Crippen molar-refractivity contribution in [1.82, 2.24) is 0 Å². The first-order chi connectivity index (χ1) is 26.2. The van der Waals surface area contributed by atoms with Crippen molar-refractivity contribution in [2.24, 2.45) is 0 Å². The fraction of sp³-hybridized carbons (Fsp3) is 0.628. The van der Waals surface area contributed by atoms with Gasteiger partial charge in [0.2, 0.25) is 0 Å². The van der Waals surface area contributed by atoms with Crippen molar-refractivity contribution < 1.29 is 47.8 Å². The van der Waals surface area contributed by atoms with Gasteiger partial charge in [-0.1, -0.05) is 131 Å². The van der Waals surface area contributed by atoms with Crippen LogP contribution in [-0.2, 0) is 32.7 Å². The van der Waals surface area contributed by atoms with Gasteiger partial charge in [0.15, 0.2) is 6.10 Å². The normalized spacial score (nSPS) is 14.8. The maximum absolute atomic E-state index is 12.5. The topological polar surface area (TPSA) is 149 Å². The average Bonchev–Trinajstić information content (AvgIpc) is 3.16. The molecule has 0 aromatic heterocycles. The summed E-state index contributed by atoms with van der Waals surface area (Å²) in [6, 6.07) is 0. The van der Waals surface area contributed by atoms with E-state index in [1.165, 1.54) is 19.3 Å². The van der Waals surface area contributed by atoms with Crippen molar-refractivity contribution in [3.63, 3.8) is 0 Å². The second-order valence-corrected chi connectivity index (χ2v) is 14.4. The zero-order chi connectivity index (χ0) is 39.8. The third-order valence-electron chi connectivity index (χ3n) is 7.80. The van der Waals surface area contributed by atoms with E-state index in [4.69, 9.17) is 19.1 Å². The summed E-state index contributed by atoms with van der Waals surface area (Å²) in [4.78, 5) is 34.8. The molecule has 0 aliphatic heterocycles. The maximum atomic E-state index is 12.5. The van der Waals surface area contributed by atoms with E-state index in [1.807, 2.05) is 12.2 Å². The van der Waals surface area contributed by atoms with Crippen LogP contribution >= 0.6 is 7.82 Å². The quantitative estimate of drug-likeness (QED) is 0.0243. The van der Waals surface area contributed by atoms with Crippen LogP contribution in [0.3, 0.4) is 0 Å². The van der Waals surface area contributed by atoms with E-state index in [0.717, 1.165) is 77.0 Å². The molecule has 3 N–H and O–H groups in total. The molecule has 54 heavy (non-hydrogen) atoms. The second-order valence-electron chi connectivity index (χ2n) is 12.9. The lowest BCUT2D eigenvalue weighted by Crippen LogP contribution is -2.29. The summed E-state index contributed by atoms with van der Waals surface area (Å²) in [6.07, 6.45) is 44.2. The van der Waals surface area contributed by atoms with Crippen LogP contribution in [0.25, 0.3) is 0 Å². The first-order valence-electron chi connectivity index (χ1n) is 20.0. The van der Waals surface area contributed by atoms with Crippen molar-refractivity contribution in [3.8, 4) is 0 Å². The number of allylic oxidation sites excluding steroid dienone is 14. The minimum absolute atomic E-state index is 0.0528. The number of carbonyl (C=O) groups excluding carboxylic acids is 2. The SMILES string of the molecule is CC/C=C\C/C=C\C/C=C\C/C=C\C/C=C\C/C=C\CCC(=O)OC(COC(=O)CCCCCCC/C=C\CCCCC)COP(=O)(O)OCC(O)CO. The highest BCUT2D eigenvalue weighted by molar-refractivity contribution is 7.47. The third kappa shape index (κ3) is 37.5. The van der Waals surface area contributed by atoms with Crippen molar-refractivity contribution in [1.29, 1.82) is 0 Å². The number of aliphatic hydroxyl groups is 2. The summed E-state index contributed by atoms with van der Waals surface area (Å²) >= 11 is 0. The van der Waals surface area contributed by atoms with Gasteiger partial charge in [-0.15, -0.1) is 0 Å². The van der Waals surface area contributed by atoms with Gasteiger partial charge in [-0.2, -0.15) is 0 Å². The van der Waals surface area contributed by atoms with E-state index in [-0.39, 0.29) is 19.4 Å². The van der Waals surface area contributed by atoms with Crippen molar-refractivity contribution >= 4 is 19.8 Å². The van der Waals surface area contributed by atoms with Gasteiger partial charge in [-0.3, -0.25) is 18.6 Å². The van der Waals surface area contributed by atoms with Gasteiger partial charge in [0.25, 0.3) is 0 Å². The van der Waals surface area contributed by atoms with E-state index >= 15 is 0 Å². The first-order valence-corrected chi connectivity index (χ1v) is 21.5. The molecule has 11 heteroatoms. The van der Waals surface area contributed by atoms with Crippen LogP contribution < -0.4 is 0 Å². The second kappa shape index (κ2) is 38.4. The lowest BCUT2D eigenvalue weighted by atomic mass is 10.1. The van der Waals surface area contributed by atoms with Crippen molar-refractivity contribution in [2.45, 2.75) is 148 Å². The Morgan fingerprint density at radius 2 is 1.06 bits per heavy atom. The van der Waals surface area contributed by atoms with Crippen LogP contribution in [0.15, 0.2) is 85.1 Å². The first kappa shape index (κ1) is 51.1. The maximum Gasteiger partial charge on any atom is 0.472 e. The molecule has 0 heterocycles. The Kier molecular flexibility index (Phi) is 36.4. The van der Waals surface area contributed by atoms with Gasteiger partial charge >= 0.3 is 19.8 Å². The van der Waals surface area contributed by atoms with Gasteiger partial charge in [-0.05, 0) is 77.0 Å². The molecule has 3 atom stereocenters. The smallest absolute Gasteiger partial charge is 0.462 e. The van der Waals surface area contributed by atoms with Crippen LogP contribution in [0.1, 0.15) is 136 Å². The van der Waals surface area contributed by atoms with E-state index < -0.39 is 51.8 Å². The summed E-state index contributed by atoms with van der Waals surface area (Å²) in [7, 11) is -4.64. The van der Waals surface area contributed by atoms with Crippen LogP contribution in [0, 0.1) is 0 Å². The number of ether oxygens (including phenoxy) is 2. The van der Waals surface area contributed by atoms with E-state index in [0.29, 0.717) is 12.8 Å². The molecule has 0 rings (SSSR count). The molecule has 3 unspecified atom stereocenters. The third-order valence-corrected chi connectivity index (χ3v) is 8.75. The monoisotopic (exact) mass is 778 g/mol. The summed E-state index contributed by atoms with van der Waals surface area (Å²) in [5, 5.41) is 18.3. The van der Waals surface area contributed by atoms with Gasteiger partial charge in [0.1, 0.15) is 12.7 Å². The number of hydrogen-bond donors (Lipinski definition) is 3. The number of esters is 2. The molecule has 0 aliphatic carbocycles. The highest BCUT2D eigenvalue weighted by Gasteiger charge is 2.27. The summed E-state index contributed by atoms with van der Waals surface area (Å²) in [6.45, 7) is 2.11. The molecule has 0 saturated heterocycles. The highest BCUT2D eigenvalue weighted by Crippen LogP contribution is 2.43. The zero-order valence-corrected chi connectivity index (χ0v) is 34.0. The number of phosphoric acid groups is 1. The molecule has 0 aromatic carbocycles. The summed E-state index contributed by atoms with van der Waals surface area (Å²) in [5.74, 6) is -1.04. The standard InChI is InChI=1S/C43H71O10P/c1-3-5-7-9-11-13-15-17-18-19-20-21-22-23-25-27-29-31-33-35-43(47)53-41(39-52-54(48,49)51-37-40(45)36-44)38-50-42(46)34-32-30-28-26-24-16-14-12-10-8-6-4-2/h5,7,11-14,17-18,20-21,23,25,29,31,40-41,44-45H,3-4,6,8-10,15-16,19,22,24,26-28,30,32-39H2,1-2H3,(H,48,49)/b7-5-,13-11-,14-12-,18-17-,21-20-,25-23-,31-29-. The Morgan fingerprint density at radius 1 is 0.574 bits per heavy atom. The molecule has 10 nitrogen and oxygen atoms in total. The fourth-order valence-corrected chi connectivity index (χ4v) is 5.51. The van der Waals surface area contributed by atoms with Gasteiger partial charge in [0.05, 0.1) is 19.8 Å². The predicted octanol–water partition coefficient (Wildman–Crippen LogP) is 10.3. The Morgan fingerprint density at radius 3 is 1.61 bits per heavy atom. The lowest BCUT2D eigenvalue weighted by molar-refractivity contribution is -0.161. The zero-order valence-electron chi connectivity index (χ0n) is 33.1. The van der Waals surface area contributed by atoms with Crippen molar-refractivity contribution in [3.05, 3.63) is 85.1 Å². The molecule has 0 saturated carbocycles. The number of phosphoric ester groups is 1. The number of aliphatic hydroxyl groups excluding tert-OH is 2. The molecular formula is C43H71O10P. The number of carbonyl (C=O) groups is 2. The van der Waals surface area contributed by atoms with E-state index in [1.54, 1.807) is 0 Å². The Labute approximate surface area is 326 Å². The molecule has 0 aromatic rings. The molecule has 308 valence electrons. The lowest BCUT2D eigenvalue weighted by Gasteiger charge is -2.20. The van der Waals surface area contributed by atoms with Gasteiger partial charge in [-0.25, -0.2) is 4.57 Å². The fourth-order valence-electron chi connectivity index (χ4n) is 4.72. The van der Waals surface area contributed by atoms with Crippen LogP contribution in [0.2, 0.25) is 0 Å². The van der Waals surface area contributed by atoms with Gasteiger partial charge < -0.3 is 24.6 Å². The van der Waals surface area contributed by atoms with Gasteiger partial charge in [0, 0.05) is 12.8 Å². The van der Waals surface area contributed by atoms with E-state index in [9.17, 15) is 24.2 Å². The Hall–Kier alpha value is -2.85. The highest BCUT2D eigenvalue weighted by atomic mass is 31.2. The largest absolute Gasteiger partial charge is 0.472 e. The summed E-state index contributed by atoms with van der Waals surface area (Å²) < 4.78 is 32.5.